The summed E-state index contributed by atoms with van der Waals surface area (Å²) in [4.78, 5) is 28.1. The summed E-state index contributed by atoms with van der Waals surface area (Å²) in [6.07, 6.45) is -0.261. The minimum absolute atomic E-state index is 0.0672. The van der Waals surface area contributed by atoms with Crippen molar-refractivity contribution in [3.63, 3.8) is 0 Å². The number of likely N-dealkylation sites (tertiary alicyclic amines) is 1. The van der Waals surface area contributed by atoms with Gasteiger partial charge in [-0.3, -0.25) is 9.69 Å². The maximum atomic E-state index is 13.5. The van der Waals surface area contributed by atoms with Gasteiger partial charge in [0.25, 0.3) is 0 Å². The Hall–Kier alpha value is -5.09. The van der Waals surface area contributed by atoms with Crippen molar-refractivity contribution in [3.05, 3.63) is 118 Å². The fourth-order valence-electron chi connectivity index (χ4n) is 6.40. The number of phenols is 1. The lowest BCUT2D eigenvalue weighted by Crippen LogP contribution is -2.60. The number of carbonyl (C=O) groups is 2. The molecule has 0 radical (unpaired) electrons. The van der Waals surface area contributed by atoms with Gasteiger partial charge in [-0.1, -0.05) is 47.6 Å². The van der Waals surface area contributed by atoms with Crippen LogP contribution in [0.4, 0.5) is 4.79 Å². The van der Waals surface area contributed by atoms with Crippen LogP contribution in [0.3, 0.4) is 0 Å². The Bertz CT molecular complexity index is 1910. The Labute approximate surface area is 280 Å². The lowest BCUT2D eigenvalue weighted by atomic mass is 9.94. The normalized spacial score (nSPS) is 15.1. The maximum absolute atomic E-state index is 13.5. The van der Waals surface area contributed by atoms with Crippen LogP contribution in [-0.2, 0) is 16.0 Å². The van der Waals surface area contributed by atoms with Crippen LogP contribution < -0.4 is 10.6 Å². The van der Waals surface area contributed by atoms with E-state index >= 15 is 0 Å². The van der Waals surface area contributed by atoms with E-state index in [4.69, 9.17) is 13.7 Å². The first kappa shape index (κ1) is 32.8. The summed E-state index contributed by atoms with van der Waals surface area (Å²) in [6.45, 7) is 12.4. The molecule has 3 heterocycles. The number of aryl methyl sites for hydroxylation is 3. The fourth-order valence-corrected chi connectivity index (χ4v) is 6.40. The van der Waals surface area contributed by atoms with Crippen molar-refractivity contribution in [2.24, 2.45) is 0 Å². The summed E-state index contributed by atoms with van der Waals surface area (Å²) in [5.41, 5.74) is 5.44. The van der Waals surface area contributed by atoms with E-state index < -0.39 is 11.7 Å². The molecule has 10 nitrogen and oxygen atoms in total. The lowest BCUT2D eigenvalue weighted by molar-refractivity contribution is -0.120. The number of alkyl carbamates (subject to hydrolysis) is 1. The number of hydrogen-bond donors (Lipinski definition) is 3. The van der Waals surface area contributed by atoms with Gasteiger partial charge in [0.05, 0.1) is 30.2 Å². The van der Waals surface area contributed by atoms with Gasteiger partial charge in [0, 0.05) is 24.0 Å². The monoisotopic (exact) mass is 650 g/mol. The molecule has 2 unspecified atom stereocenters. The van der Waals surface area contributed by atoms with E-state index in [0.717, 1.165) is 44.7 Å². The van der Waals surface area contributed by atoms with Gasteiger partial charge in [-0.15, -0.1) is 0 Å². The van der Waals surface area contributed by atoms with E-state index in [1.165, 1.54) is 0 Å². The predicted molar refractivity (Wildman–Crippen MR) is 182 cm³/mol. The van der Waals surface area contributed by atoms with E-state index in [9.17, 15) is 14.7 Å². The topological polar surface area (TPSA) is 130 Å². The SMILES string of the molecule is Cc1cc(O)ccc1C(NC(=O)Cc1ccc2oc(C(c3c(C)noc3C)N3CC(NC(=O)OC(C)(C)C)C3)cc2c1)c1ccccc1. The predicted octanol–water partition coefficient (Wildman–Crippen LogP) is 6.80. The van der Waals surface area contributed by atoms with Crippen molar-refractivity contribution < 1.29 is 28.4 Å². The average molecular weight is 651 g/mol. The van der Waals surface area contributed by atoms with Gasteiger partial charge >= 0.3 is 6.09 Å². The second-order valence-electron chi connectivity index (χ2n) is 13.6. The number of benzene rings is 3. The molecule has 0 saturated carbocycles. The number of carbonyl (C=O) groups excluding carboxylic acids is 2. The summed E-state index contributed by atoms with van der Waals surface area (Å²) < 4.78 is 17.4. The van der Waals surface area contributed by atoms with Crippen LogP contribution in [-0.4, -0.2) is 51.9 Å². The molecule has 10 heteroatoms. The molecule has 1 aliphatic rings. The summed E-state index contributed by atoms with van der Waals surface area (Å²) >= 11 is 0. The highest BCUT2D eigenvalue weighted by molar-refractivity contribution is 5.83. The minimum Gasteiger partial charge on any atom is -0.508 e. The van der Waals surface area contributed by atoms with Gasteiger partial charge < -0.3 is 29.4 Å². The molecule has 0 aliphatic carbocycles. The molecule has 2 amide bonds. The Morgan fingerprint density at radius 3 is 2.44 bits per heavy atom. The average Bonchev–Trinajstić information content (AvgIpc) is 3.57. The molecule has 1 saturated heterocycles. The number of nitrogens with one attached hydrogen (secondary N) is 2. The number of hydrogen-bond acceptors (Lipinski definition) is 8. The first-order chi connectivity index (χ1) is 22.8. The second kappa shape index (κ2) is 13.2. The Balaban J connectivity index is 1.21. The van der Waals surface area contributed by atoms with Crippen molar-refractivity contribution in [2.75, 3.05) is 13.1 Å². The van der Waals surface area contributed by atoms with E-state index in [0.29, 0.717) is 24.4 Å². The molecule has 1 aliphatic heterocycles. The van der Waals surface area contributed by atoms with E-state index in [1.807, 2.05) is 102 Å². The number of furan rings is 1. The van der Waals surface area contributed by atoms with E-state index in [2.05, 4.69) is 20.7 Å². The Kier molecular flexibility index (Phi) is 9.03. The van der Waals surface area contributed by atoms with Crippen LogP contribution in [0.25, 0.3) is 11.0 Å². The number of rotatable bonds is 9. The van der Waals surface area contributed by atoms with Crippen molar-refractivity contribution in [2.45, 2.75) is 71.7 Å². The lowest BCUT2D eigenvalue weighted by Gasteiger charge is -2.43. The number of nitrogens with zero attached hydrogens (tertiary/aromatic N) is 2. The van der Waals surface area contributed by atoms with Crippen molar-refractivity contribution in [1.29, 1.82) is 0 Å². The molecular weight excluding hydrogens is 608 g/mol. The van der Waals surface area contributed by atoms with Crippen LogP contribution in [0.2, 0.25) is 0 Å². The molecule has 2 atom stereocenters. The zero-order chi connectivity index (χ0) is 34.2. The molecule has 5 aromatic rings. The molecular formula is C38H42N4O6. The molecule has 0 bridgehead atoms. The fraction of sp³-hybridized carbons (Fsp3) is 0.342. The summed E-state index contributed by atoms with van der Waals surface area (Å²) in [6, 6.07) is 22.1. The first-order valence-corrected chi connectivity index (χ1v) is 16.2. The molecule has 1 fully saturated rings. The zero-order valence-corrected chi connectivity index (χ0v) is 28.2. The molecule has 0 spiro atoms. The molecule has 250 valence electrons. The van der Waals surface area contributed by atoms with Gasteiger partial charge in [-0.25, -0.2) is 4.79 Å². The van der Waals surface area contributed by atoms with Gasteiger partial charge in [0.15, 0.2) is 0 Å². The number of amides is 2. The van der Waals surface area contributed by atoms with Gasteiger partial charge in [-0.2, -0.15) is 0 Å². The third-order valence-electron chi connectivity index (χ3n) is 8.59. The third kappa shape index (κ3) is 7.23. The molecule has 3 aromatic carbocycles. The highest BCUT2D eigenvalue weighted by Gasteiger charge is 2.39. The van der Waals surface area contributed by atoms with Crippen LogP contribution in [0.1, 0.15) is 77.9 Å². The quantitative estimate of drug-likeness (QED) is 0.159. The second-order valence-corrected chi connectivity index (χ2v) is 13.6. The summed E-state index contributed by atoms with van der Waals surface area (Å²) in [7, 11) is 0. The van der Waals surface area contributed by atoms with Crippen molar-refractivity contribution in [3.8, 4) is 5.75 Å². The first-order valence-electron chi connectivity index (χ1n) is 16.2. The molecule has 6 rings (SSSR count). The van der Waals surface area contributed by atoms with Crippen LogP contribution >= 0.6 is 0 Å². The van der Waals surface area contributed by atoms with Crippen molar-refractivity contribution in [1.82, 2.24) is 20.7 Å². The van der Waals surface area contributed by atoms with Crippen LogP contribution in [0.5, 0.6) is 5.75 Å². The summed E-state index contributed by atoms with van der Waals surface area (Å²) in [5.74, 6) is 1.49. The highest BCUT2D eigenvalue weighted by atomic mass is 16.6. The van der Waals surface area contributed by atoms with E-state index in [-0.39, 0.29) is 36.2 Å². The molecule has 48 heavy (non-hydrogen) atoms. The number of aromatic hydroxyl groups is 1. The third-order valence-corrected chi connectivity index (χ3v) is 8.59. The Morgan fingerprint density at radius 1 is 1.02 bits per heavy atom. The number of ether oxygens (including phenoxy) is 1. The number of fused-ring (bicyclic) bond motifs is 1. The zero-order valence-electron chi connectivity index (χ0n) is 28.2. The standard InChI is InChI=1S/C38H42N4O6/c1-22-16-29(43)13-14-30(22)35(26-10-8-7-9-11-26)40-33(44)18-25-12-15-31-27(17-25)19-32(46-31)36(34-23(2)41-48-24(34)3)42-20-28(21-42)39-37(45)47-38(4,5)6/h7-17,19,28,35-36,43H,18,20-21H2,1-6H3,(H,39,45)(H,40,44). The molecule has 2 aromatic heterocycles. The maximum Gasteiger partial charge on any atom is 0.407 e. The minimum atomic E-state index is -0.573. The largest absolute Gasteiger partial charge is 0.508 e. The van der Waals surface area contributed by atoms with Gasteiger partial charge in [-0.05, 0) is 94.1 Å². The van der Waals surface area contributed by atoms with Crippen molar-refractivity contribution >= 4 is 23.0 Å². The number of aromatic nitrogens is 1. The smallest absolute Gasteiger partial charge is 0.407 e. The van der Waals surface area contributed by atoms with Crippen LogP contribution in [0.15, 0.2) is 81.7 Å². The van der Waals surface area contributed by atoms with E-state index in [1.54, 1.807) is 12.1 Å². The van der Waals surface area contributed by atoms with Crippen LogP contribution in [0, 0.1) is 20.8 Å². The summed E-state index contributed by atoms with van der Waals surface area (Å²) in [5, 5.41) is 21.2. The Morgan fingerprint density at radius 2 is 1.77 bits per heavy atom. The molecule has 3 N–H and O–H groups in total. The highest BCUT2D eigenvalue weighted by Crippen LogP contribution is 2.38. The van der Waals surface area contributed by atoms with Gasteiger partial charge in [0.1, 0.15) is 28.5 Å². The number of phenolic OH excluding ortho intramolecular Hbond substituents is 1. The van der Waals surface area contributed by atoms with Gasteiger partial charge in [0.2, 0.25) is 5.91 Å².